The van der Waals surface area contributed by atoms with Crippen molar-refractivity contribution < 1.29 is 27.4 Å². The smallest absolute Gasteiger partial charge is 0.444 e. The summed E-state index contributed by atoms with van der Waals surface area (Å²) in [6.07, 6.45) is -4.37. The Morgan fingerprint density at radius 1 is 1.35 bits per heavy atom. The van der Waals surface area contributed by atoms with Crippen molar-refractivity contribution in [3.8, 4) is 5.75 Å². The summed E-state index contributed by atoms with van der Waals surface area (Å²) in [5.41, 5.74) is 0.297. The van der Waals surface area contributed by atoms with Crippen molar-refractivity contribution in [2.45, 2.75) is 51.7 Å². The van der Waals surface area contributed by atoms with Gasteiger partial charge in [-0.2, -0.15) is 0 Å². The molecule has 26 heavy (non-hydrogen) atoms. The maximum Gasteiger partial charge on any atom is 0.573 e. The van der Waals surface area contributed by atoms with Gasteiger partial charge in [0.15, 0.2) is 0 Å². The van der Waals surface area contributed by atoms with Crippen LogP contribution in [0.15, 0.2) is 22.7 Å². The number of ether oxygens (including phenoxy) is 2. The molecule has 5 nitrogen and oxygen atoms in total. The Balaban J connectivity index is 1.87. The van der Waals surface area contributed by atoms with Crippen LogP contribution in [0, 0.1) is 0 Å². The molecule has 0 aromatic heterocycles. The first-order valence-electron chi connectivity index (χ1n) is 8.17. The number of benzene rings is 1. The number of hydrogen-bond acceptors (Lipinski definition) is 4. The molecule has 2 rings (SSSR count). The first-order chi connectivity index (χ1) is 11.9. The Morgan fingerprint density at radius 2 is 2.04 bits per heavy atom. The van der Waals surface area contributed by atoms with Gasteiger partial charge in [-0.05, 0) is 44.9 Å². The molecule has 1 aliphatic heterocycles. The third kappa shape index (κ3) is 7.03. The Bertz CT molecular complexity index is 647. The van der Waals surface area contributed by atoms with E-state index in [9.17, 15) is 18.0 Å². The zero-order chi connectivity index (χ0) is 19.5. The maximum atomic E-state index is 12.3. The molecule has 1 aliphatic rings. The molecule has 0 saturated carbocycles. The van der Waals surface area contributed by atoms with Crippen LogP contribution in [0.1, 0.15) is 32.8 Å². The van der Waals surface area contributed by atoms with Gasteiger partial charge in [-0.25, -0.2) is 4.79 Å². The molecule has 1 aromatic carbocycles. The molecule has 1 unspecified atom stereocenters. The maximum absolute atomic E-state index is 12.3. The highest BCUT2D eigenvalue weighted by Crippen LogP contribution is 2.29. The minimum atomic E-state index is -4.71. The van der Waals surface area contributed by atoms with Gasteiger partial charge in [-0.15, -0.1) is 13.2 Å². The summed E-state index contributed by atoms with van der Waals surface area (Å²) in [4.78, 5) is 13.9. The molecule has 0 spiro atoms. The molecule has 9 heteroatoms. The van der Waals surface area contributed by atoms with E-state index in [-0.39, 0.29) is 11.8 Å². The van der Waals surface area contributed by atoms with Gasteiger partial charge >= 0.3 is 12.5 Å². The number of hydrogen-bond donors (Lipinski definition) is 1. The topological polar surface area (TPSA) is 50.8 Å². The third-order valence-corrected chi connectivity index (χ3v) is 4.38. The van der Waals surface area contributed by atoms with E-state index in [0.717, 1.165) is 18.5 Å². The average Bonchev–Trinajstić information content (AvgIpc) is 2.85. The molecule has 1 fully saturated rings. The van der Waals surface area contributed by atoms with Gasteiger partial charge in [-0.1, -0.05) is 22.0 Å². The van der Waals surface area contributed by atoms with Crippen LogP contribution in [0.4, 0.5) is 18.0 Å². The standard InChI is InChI=1S/C17H22BrF3N2O3/c1-16(2,3)26-15(24)22-12-6-7-23(10-12)9-11-4-5-13(8-14(11)18)25-17(19,20)21/h4-5,8,12H,6-7,9-10H2,1-3H3,(H,22,24). The van der Waals surface area contributed by atoms with Crippen molar-refractivity contribution in [2.75, 3.05) is 13.1 Å². The molecule has 1 heterocycles. The number of alkyl halides is 3. The van der Waals surface area contributed by atoms with Gasteiger partial charge in [0.25, 0.3) is 0 Å². The SMILES string of the molecule is CC(C)(C)OC(=O)NC1CCN(Cc2ccc(OC(F)(F)F)cc2Br)C1. The lowest BCUT2D eigenvalue weighted by Gasteiger charge is -2.22. The number of rotatable bonds is 4. The van der Waals surface area contributed by atoms with E-state index in [1.165, 1.54) is 12.1 Å². The van der Waals surface area contributed by atoms with E-state index >= 15 is 0 Å². The predicted octanol–water partition coefficient (Wildman–Crippen LogP) is 4.45. The lowest BCUT2D eigenvalue weighted by atomic mass is 10.2. The molecular weight excluding hydrogens is 417 g/mol. The van der Waals surface area contributed by atoms with Crippen LogP contribution in [0.25, 0.3) is 0 Å². The predicted molar refractivity (Wildman–Crippen MR) is 93.9 cm³/mol. The number of alkyl carbamates (subject to hydrolysis) is 1. The fraction of sp³-hybridized carbons (Fsp3) is 0.588. The number of likely N-dealkylation sites (tertiary alicyclic amines) is 1. The van der Waals surface area contributed by atoms with E-state index in [0.29, 0.717) is 17.6 Å². The summed E-state index contributed by atoms with van der Waals surface area (Å²) in [6.45, 7) is 7.38. The van der Waals surface area contributed by atoms with Crippen LogP contribution in [-0.2, 0) is 11.3 Å². The summed E-state index contributed by atoms with van der Waals surface area (Å²) in [5.74, 6) is -0.265. The minimum absolute atomic E-state index is 0.0172. The lowest BCUT2D eigenvalue weighted by Crippen LogP contribution is -2.40. The molecule has 1 atom stereocenters. The number of amides is 1. The second-order valence-corrected chi connectivity index (χ2v) is 8.02. The quantitative estimate of drug-likeness (QED) is 0.754. The number of carbonyl (C=O) groups excluding carboxylic acids is 1. The zero-order valence-corrected chi connectivity index (χ0v) is 16.4. The second-order valence-electron chi connectivity index (χ2n) is 7.17. The molecule has 1 aromatic rings. The summed E-state index contributed by atoms with van der Waals surface area (Å²) in [6, 6.07) is 4.17. The monoisotopic (exact) mass is 438 g/mol. The van der Waals surface area contributed by atoms with Crippen LogP contribution in [0.5, 0.6) is 5.75 Å². The number of carbonyl (C=O) groups is 1. The highest BCUT2D eigenvalue weighted by Gasteiger charge is 2.31. The van der Waals surface area contributed by atoms with E-state index < -0.39 is 18.1 Å². The molecule has 0 radical (unpaired) electrons. The summed E-state index contributed by atoms with van der Waals surface area (Å²) in [5, 5.41) is 2.84. The minimum Gasteiger partial charge on any atom is -0.444 e. The Kier molecular flexibility index (Phi) is 6.44. The van der Waals surface area contributed by atoms with Crippen molar-refractivity contribution in [3.05, 3.63) is 28.2 Å². The van der Waals surface area contributed by atoms with Crippen molar-refractivity contribution in [1.29, 1.82) is 0 Å². The van der Waals surface area contributed by atoms with E-state index in [1.54, 1.807) is 26.8 Å². The molecule has 1 N–H and O–H groups in total. The Hall–Kier alpha value is -1.48. The van der Waals surface area contributed by atoms with E-state index in [4.69, 9.17) is 4.74 Å². The first kappa shape index (κ1) is 20.8. The lowest BCUT2D eigenvalue weighted by molar-refractivity contribution is -0.274. The molecule has 1 saturated heterocycles. The average molecular weight is 439 g/mol. The normalized spacial score (nSPS) is 18.7. The van der Waals surface area contributed by atoms with Crippen molar-refractivity contribution in [2.24, 2.45) is 0 Å². The van der Waals surface area contributed by atoms with Crippen molar-refractivity contribution in [3.63, 3.8) is 0 Å². The summed E-state index contributed by atoms with van der Waals surface area (Å²) >= 11 is 3.29. The Morgan fingerprint density at radius 3 is 2.62 bits per heavy atom. The highest BCUT2D eigenvalue weighted by atomic mass is 79.9. The fourth-order valence-corrected chi connectivity index (χ4v) is 3.15. The van der Waals surface area contributed by atoms with Crippen molar-refractivity contribution in [1.82, 2.24) is 10.2 Å². The van der Waals surface area contributed by atoms with Gasteiger partial charge in [0.2, 0.25) is 0 Å². The third-order valence-electron chi connectivity index (χ3n) is 3.65. The summed E-state index contributed by atoms with van der Waals surface area (Å²) < 4.78 is 46.5. The number of halogens is 4. The molecule has 0 aliphatic carbocycles. The van der Waals surface area contributed by atoms with Crippen LogP contribution < -0.4 is 10.1 Å². The second kappa shape index (κ2) is 8.04. The van der Waals surface area contributed by atoms with Crippen molar-refractivity contribution >= 4 is 22.0 Å². The van der Waals surface area contributed by atoms with Crippen LogP contribution in [0.2, 0.25) is 0 Å². The molecule has 0 bridgehead atoms. The zero-order valence-electron chi connectivity index (χ0n) is 14.8. The van der Waals surface area contributed by atoms with Gasteiger partial charge in [0.05, 0.1) is 0 Å². The molecule has 146 valence electrons. The van der Waals surface area contributed by atoms with E-state index in [2.05, 4.69) is 30.9 Å². The van der Waals surface area contributed by atoms with Gasteiger partial charge in [0, 0.05) is 30.1 Å². The number of nitrogens with one attached hydrogen (secondary N) is 1. The van der Waals surface area contributed by atoms with Crippen LogP contribution >= 0.6 is 15.9 Å². The van der Waals surface area contributed by atoms with Gasteiger partial charge < -0.3 is 14.8 Å². The number of nitrogens with zero attached hydrogens (tertiary/aromatic N) is 1. The fourth-order valence-electron chi connectivity index (χ4n) is 2.66. The highest BCUT2D eigenvalue weighted by molar-refractivity contribution is 9.10. The first-order valence-corrected chi connectivity index (χ1v) is 8.96. The van der Waals surface area contributed by atoms with Crippen LogP contribution in [0.3, 0.4) is 0 Å². The molecular formula is C17H22BrF3N2O3. The van der Waals surface area contributed by atoms with Gasteiger partial charge in [-0.3, -0.25) is 4.90 Å². The van der Waals surface area contributed by atoms with Gasteiger partial charge in [0.1, 0.15) is 11.4 Å². The van der Waals surface area contributed by atoms with E-state index in [1.807, 2.05) is 0 Å². The largest absolute Gasteiger partial charge is 0.573 e. The summed E-state index contributed by atoms with van der Waals surface area (Å²) in [7, 11) is 0. The molecule has 1 amide bonds. The van der Waals surface area contributed by atoms with Crippen LogP contribution in [-0.4, -0.2) is 42.1 Å². The Labute approximate surface area is 159 Å².